The fourth-order valence-corrected chi connectivity index (χ4v) is 2.36. The minimum absolute atomic E-state index is 0.0585. The number of aromatic nitrogens is 3. The third kappa shape index (κ3) is 10.6. The molecule has 0 radical (unpaired) electrons. The van der Waals surface area contributed by atoms with Crippen LogP contribution in [0, 0.1) is 6.92 Å². The number of aryl methyl sites for hydroxylation is 1. The van der Waals surface area contributed by atoms with Gasteiger partial charge >= 0.3 is 11.9 Å². The van der Waals surface area contributed by atoms with Crippen molar-refractivity contribution in [2.75, 3.05) is 6.61 Å². The van der Waals surface area contributed by atoms with Crippen LogP contribution in [0.4, 0.5) is 0 Å². The third-order valence-electron chi connectivity index (χ3n) is 3.03. The molecule has 10 heteroatoms. The van der Waals surface area contributed by atoms with Crippen molar-refractivity contribution >= 4 is 59.7 Å². The first-order chi connectivity index (χ1) is 14.2. The van der Waals surface area contributed by atoms with E-state index in [-0.39, 0.29) is 11.7 Å². The maximum absolute atomic E-state index is 11.1. The van der Waals surface area contributed by atoms with Gasteiger partial charge in [-0.3, -0.25) is 4.98 Å². The monoisotopic (exact) mass is 601 g/mol. The Hall–Kier alpha value is -2.17. The van der Waals surface area contributed by atoms with Crippen molar-refractivity contribution in [1.29, 1.82) is 0 Å². The molecule has 0 aliphatic rings. The molecular formula is C20H18Br3N3O4. The summed E-state index contributed by atoms with van der Waals surface area (Å²) >= 11 is 9.64. The molecule has 0 aliphatic carbocycles. The molecule has 7 nitrogen and oxygen atoms in total. The Morgan fingerprint density at radius 2 is 1.30 bits per heavy atom. The van der Waals surface area contributed by atoms with E-state index in [1.807, 2.05) is 19.1 Å². The van der Waals surface area contributed by atoms with Crippen LogP contribution in [-0.2, 0) is 4.74 Å². The quantitative estimate of drug-likeness (QED) is 0.382. The zero-order valence-corrected chi connectivity index (χ0v) is 20.8. The van der Waals surface area contributed by atoms with Crippen LogP contribution in [0.3, 0.4) is 0 Å². The predicted octanol–water partition coefficient (Wildman–Crippen LogP) is 5.72. The van der Waals surface area contributed by atoms with E-state index in [1.165, 1.54) is 12.3 Å². The number of esters is 1. The smallest absolute Gasteiger partial charge is 0.356 e. The van der Waals surface area contributed by atoms with Crippen molar-refractivity contribution < 1.29 is 19.4 Å². The number of carbonyl (C=O) groups is 2. The van der Waals surface area contributed by atoms with Crippen LogP contribution in [-0.4, -0.2) is 38.6 Å². The van der Waals surface area contributed by atoms with E-state index in [0.717, 1.165) is 19.1 Å². The number of nitrogens with zero attached hydrogens (tertiary/aromatic N) is 3. The zero-order chi connectivity index (χ0) is 22.5. The Labute approximate surface area is 199 Å². The van der Waals surface area contributed by atoms with E-state index in [1.54, 1.807) is 37.5 Å². The van der Waals surface area contributed by atoms with Gasteiger partial charge < -0.3 is 9.84 Å². The fraction of sp³-hybridized carbons (Fsp3) is 0.150. The number of pyridine rings is 3. The topological polar surface area (TPSA) is 102 Å². The minimum atomic E-state index is -1.01. The summed E-state index contributed by atoms with van der Waals surface area (Å²) in [6.07, 6.45) is 4.80. The number of ether oxygens (including phenoxy) is 1. The second kappa shape index (κ2) is 13.9. The lowest BCUT2D eigenvalue weighted by atomic mass is 10.3. The van der Waals surface area contributed by atoms with E-state index in [4.69, 9.17) is 9.84 Å². The van der Waals surface area contributed by atoms with Gasteiger partial charge in [0.25, 0.3) is 0 Å². The Morgan fingerprint density at radius 3 is 1.63 bits per heavy atom. The van der Waals surface area contributed by atoms with E-state index < -0.39 is 5.97 Å². The van der Waals surface area contributed by atoms with Crippen molar-refractivity contribution in [2.45, 2.75) is 13.8 Å². The highest BCUT2D eigenvalue weighted by Gasteiger charge is 2.06. The molecular weight excluding hydrogens is 586 g/mol. The standard InChI is InChI=1S/C8H8BrNO2.C6H4BrNO2.C6H6BrN/c1-2-12-8(11)7-4-3-6(9)5-10-7;7-4-1-2-5(6(9)10)8-3-4;1-5-2-3-6(7)4-8-5/h3-5H,2H2,1H3;1-3H,(H,9,10);2-4H,1H3. The van der Waals surface area contributed by atoms with Gasteiger partial charge in [0.05, 0.1) is 6.61 Å². The third-order valence-corrected chi connectivity index (χ3v) is 4.44. The van der Waals surface area contributed by atoms with Crippen LogP contribution >= 0.6 is 47.8 Å². The number of halogens is 3. The lowest BCUT2D eigenvalue weighted by Gasteiger charge is -1.99. The molecule has 0 spiro atoms. The highest BCUT2D eigenvalue weighted by atomic mass is 79.9. The van der Waals surface area contributed by atoms with E-state index >= 15 is 0 Å². The van der Waals surface area contributed by atoms with Crippen LogP contribution in [0.2, 0.25) is 0 Å². The molecule has 0 atom stereocenters. The SMILES string of the molecule is CCOC(=O)c1ccc(Br)cn1.Cc1ccc(Br)cn1.O=C(O)c1ccc(Br)cn1. The molecule has 1 N–H and O–H groups in total. The van der Waals surface area contributed by atoms with Crippen molar-refractivity contribution in [1.82, 2.24) is 15.0 Å². The highest BCUT2D eigenvalue weighted by molar-refractivity contribution is 9.11. The Morgan fingerprint density at radius 1 is 0.833 bits per heavy atom. The van der Waals surface area contributed by atoms with Crippen LogP contribution < -0.4 is 0 Å². The summed E-state index contributed by atoms with van der Waals surface area (Å²) in [6, 6.07) is 10.4. The lowest BCUT2D eigenvalue weighted by Crippen LogP contribution is -2.06. The predicted molar refractivity (Wildman–Crippen MR) is 123 cm³/mol. The van der Waals surface area contributed by atoms with E-state index in [9.17, 15) is 9.59 Å². The Balaban J connectivity index is 0.000000230. The number of hydrogen-bond donors (Lipinski definition) is 1. The number of aromatic carboxylic acids is 1. The molecule has 0 amide bonds. The van der Waals surface area contributed by atoms with Gasteiger partial charge in [0, 0.05) is 37.7 Å². The van der Waals surface area contributed by atoms with Gasteiger partial charge in [-0.05, 0) is 98.0 Å². The molecule has 0 saturated heterocycles. The summed E-state index contributed by atoms with van der Waals surface area (Å²) < 4.78 is 7.40. The minimum Gasteiger partial charge on any atom is -0.477 e. The van der Waals surface area contributed by atoms with Crippen molar-refractivity contribution in [3.63, 3.8) is 0 Å². The summed E-state index contributed by atoms with van der Waals surface area (Å²) in [4.78, 5) is 32.8. The number of rotatable bonds is 3. The summed E-state index contributed by atoms with van der Waals surface area (Å²) in [7, 11) is 0. The first-order valence-corrected chi connectivity index (χ1v) is 10.8. The van der Waals surface area contributed by atoms with Gasteiger partial charge in [-0.25, -0.2) is 19.6 Å². The fourth-order valence-electron chi connectivity index (χ4n) is 1.65. The lowest BCUT2D eigenvalue weighted by molar-refractivity contribution is 0.0519. The molecule has 0 aliphatic heterocycles. The van der Waals surface area contributed by atoms with Crippen LogP contribution in [0.25, 0.3) is 0 Å². The number of hydrogen-bond acceptors (Lipinski definition) is 6. The highest BCUT2D eigenvalue weighted by Crippen LogP contribution is 2.08. The Bertz CT molecular complexity index is 914. The normalized spacial score (nSPS) is 9.37. The maximum Gasteiger partial charge on any atom is 0.356 e. The van der Waals surface area contributed by atoms with Crippen molar-refractivity contribution in [3.8, 4) is 0 Å². The maximum atomic E-state index is 11.1. The Kier molecular flexibility index (Phi) is 12.0. The van der Waals surface area contributed by atoms with Gasteiger partial charge in [0.2, 0.25) is 0 Å². The molecule has 0 bridgehead atoms. The van der Waals surface area contributed by atoms with Crippen molar-refractivity contribution in [3.05, 3.63) is 85.5 Å². The molecule has 30 heavy (non-hydrogen) atoms. The summed E-state index contributed by atoms with van der Waals surface area (Å²) in [5, 5.41) is 8.40. The van der Waals surface area contributed by atoms with E-state index in [0.29, 0.717) is 12.3 Å². The largest absolute Gasteiger partial charge is 0.477 e. The average Bonchev–Trinajstić information content (AvgIpc) is 2.72. The van der Waals surface area contributed by atoms with Crippen LogP contribution in [0.1, 0.15) is 33.6 Å². The van der Waals surface area contributed by atoms with Crippen LogP contribution in [0.5, 0.6) is 0 Å². The summed E-state index contributed by atoms with van der Waals surface area (Å²) in [5.74, 6) is -1.39. The van der Waals surface area contributed by atoms with Gasteiger partial charge in [-0.2, -0.15) is 0 Å². The van der Waals surface area contributed by atoms with Crippen molar-refractivity contribution in [2.24, 2.45) is 0 Å². The van der Waals surface area contributed by atoms with Gasteiger partial charge in [-0.1, -0.05) is 0 Å². The average molecular weight is 604 g/mol. The van der Waals surface area contributed by atoms with Gasteiger partial charge in [-0.15, -0.1) is 0 Å². The first-order valence-electron chi connectivity index (χ1n) is 8.44. The zero-order valence-electron chi connectivity index (χ0n) is 16.1. The number of carbonyl (C=O) groups excluding carboxylic acids is 1. The summed E-state index contributed by atoms with van der Waals surface area (Å²) in [5.41, 5.74) is 1.44. The molecule has 3 rings (SSSR count). The molecule has 0 unspecified atom stereocenters. The van der Waals surface area contributed by atoms with Crippen LogP contribution in [0.15, 0.2) is 68.4 Å². The molecule has 158 valence electrons. The first kappa shape index (κ1) is 25.9. The molecule has 3 aromatic heterocycles. The molecule has 0 fully saturated rings. The second-order valence-corrected chi connectivity index (χ2v) is 8.11. The molecule has 0 aromatic carbocycles. The number of carboxylic acid groups (broad SMARTS) is 1. The molecule has 3 heterocycles. The van der Waals surface area contributed by atoms with Gasteiger partial charge in [0.15, 0.2) is 0 Å². The van der Waals surface area contributed by atoms with E-state index in [2.05, 4.69) is 62.7 Å². The number of carboxylic acids is 1. The molecule has 0 saturated carbocycles. The summed E-state index contributed by atoms with van der Waals surface area (Å²) in [6.45, 7) is 4.10. The molecule has 3 aromatic rings. The second-order valence-electron chi connectivity index (χ2n) is 5.37. The van der Waals surface area contributed by atoms with Gasteiger partial charge in [0.1, 0.15) is 11.4 Å².